The van der Waals surface area contributed by atoms with E-state index in [9.17, 15) is 4.79 Å². The fraction of sp³-hybridized carbons (Fsp3) is 0.412. The minimum Gasteiger partial charge on any atom is -0.493 e. The van der Waals surface area contributed by atoms with Gasteiger partial charge in [0, 0.05) is 18.2 Å². The Morgan fingerprint density at radius 2 is 2.13 bits per heavy atom. The van der Waals surface area contributed by atoms with Crippen LogP contribution < -0.4 is 15.2 Å². The summed E-state index contributed by atoms with van der Waals surface area (Å²) in [4.78, 5) is 15.8. The van der Waals surface area contributed by atoms with E-state index in [4.69, 9.17) is 21.1 Å². The van der Waals surface area contributed by atoms with Crippen LogP contribution in [0.15, 0.2) is 23.0 Å². The summed E-state index contributed by atoms with van der Waals surface area (Å²) in [7, 11) is 1.61. The summed E-state index contributed by atoms with van der Waals surface area (Å²) >= 11 is 5.96. The fourth-order valence-corrected chi connectivity index (χ4v) is 2.97. The molecule has 6 heteroatoms. The van der Waals surface area contributed by atoms with Gasteiger partial charge in [0.05, 0.1) is 19.4 Å². The number of rotatable bonds is 5. The molecule has 1 aromatic carbocycles. The number of nitrogens with zero attached hydrogens (tertiary/aromatic N) is 2. The van der Waals surface area contributed by atoms with E-state index >= 15 is 0 Å². The van der Waals surface area contributed by atoms with Gasteiger partial charge in [-0.3, -0.25) is 4.57 Å². The molecule has 0 saturated carbocycles. The van der Waals surface area contributed by atoms with Crippen molar-refractivity contribution < 1.29 is 9.47 Å². The van der Waals surface area contributed by atoms with E-state index in [0.717, 1.165) is 41.8 Å². The molecule has 23 heavy (non-hydrogen) atoms. The molecular formula is C17H19ClN2O3. The maximum Gasteiger partial charge on any atom is 0.349 e. The lowest BCUT2D eigenvalue weighted by Crippen LogP contribution is -2.28. The largest absolute Gasteiger partial charge is 0.493 e. The third kappa shape index (κ3) is 3.06. The number of benzene rings is 1. The molecule has 3 rings (SSSR count). The van der Waals surface area contributed by atoms with Gasteiger partial charge < -0.3 is 9.47 Å². The van der Waals surface area contributed by atoms with Crippen LogP contribution in [0.2, 0.25) is 5.15 Å². The van der Waals surface area contributed by atoms with Crippen molar-refractivity contribution in [3.05, 3.63) is 39.4 Å². The Morgan fingerprint density at radius 3 is 2.87 bits per heavy atom. The minimum atomic E-state index is -0.319. The van der Waals surface area contributed by atoms with Crippen LogP contribution in [0.4, 0.5) is 0 Å². The van der Waals surface area contributed by atoms with E-state index in [0.29, 0.717) is 18.9 Å². The molecule has 1 aliphatic heterocycles. The van der Waals surface area contributed by atoms with Gasteiger partial charge in [-0.1, -0.05) is 24.9 Å². The van der Waals surface area contributed by atoms with Crippen LogP contribution in [-0.2, 0) is 13.0 Å². The Bertz CT molecular complexity index is 786. The number of methoxy groups -OCH3 is 1. The minimum absolute atomic E-state index is 0.205. The number of aromatic nitrogens is 2. The van der Waals surface area contributed by atoms with Crippen molar-refractivity contribution in [1.29, 1.82) is 0 Å². The maximum atomic E-state index is 12.0. The van der Waals surface area contributed by atoms with Crippen LogP contribution in [-0.4, -0.2) is 23.3 Å². The van der Waals surface area contributed by atoms with Crippen LogP contribution in [0.25, 0.3) is 11.3 Å². The summed E-state index contributed by atoms with van der Waals surface area (Å²) in [6, 6.07) is 5.64. The number of halogens is 1. The van der Waals surface area contributed by atoms with Gasteiger partial charge in [-0.05, 0) is 30.5 Å². The summed E-state index contributed by atoms with van der Waals surface area (Å²) in [5.41, 5.74) is 2.52. The van der Waals surface area contributed by atoms with E-state index < -0.39 is 0 Å². The Labute approximate surface area is 139 Å². The van der Waals surface area contributed by atoms with Gasteiger partial charge in [-0.15, -0.1) is 0 Å². The third-order valence-corrected chi connectivity index (χ3v) is 4.20. The number of hydrogen-bond donors (Lipinski definition) is 0. The van der Waals surface area contributed by atoms with Crippen molar-refractivity contribution in [2.45, 2.75) is 32.7 Å². The van der Waals surface area contributed by atoms with Crippen molar-refractivity contribution >= 4 is 11.6 Å². The predicted octanol–water partition coefficient (Wildman–Crippen LogP) is 3.31. The first kappa shape index (κ1) is 15.9. The first-order valence-electron chi connectivity index (χ1n) is 7.75. The molecule has 0 saturated heterocycles. The monoisotopic (exact) mass is 334 g/mol. The van der Waals surface area contributed by atoms with Crippen molar-refractivity contribution in [3.63, 3.8) is 0 Å². The SMILES string of the molecule is CCCCOc1cc2c(cc1OC)-c1cc(Cl)nc(=O)n1CC2. The highest BCUT2D eigenvalue weighted by molar-refractivity contribution is 6.29. The highest BCUT2D eigenvalue weighted by atomic mass is 35.5. The summed E-state index contributed by atoms with van der Waals surface area (Å²) in [6.45, 7) is 3.38. The molecule has 0 unspecified atom stereocenters. The third-order valence-electron chi connectivity index (χ3n) is 4.01. The molecule has 0 amide bonds. The Hall–Kier alpha value is -2.01. The average molecular weight is 335 g/mol. The zero-order chi connectivity index (χ0) is 16.4. The van der Waals surface area contributed by atoms with Crippen LogP contribution in [0, 0.1) is 0 Å². The Morgan fingerprint density at radius 1 is 1.30 bits per heavy atom. The smallest absolute Gasteiger partial charge is 0.349 e. The van der Waals surface area contributed by atoms with Gasteiger partial charge in [-0.2, -0.15) is 4.98 Å². The van der Waals surface area contributed by atoms with Crippen molar-refractivity contribution in [2.75, 3.05) is 13.7 Å². The van der Waals surface area contributed by atoms with Crippen LogP contribution >= 0.6 is 11.6 Å². The van der Waals surface area contributed by atoms with Gasteiger partial charge in [0.25, 0.3) is 0 Å². The fourth-order valence-electron chi connectivity index (χ4n) is 2.80. The molecule has 2 aromatic rings. The standard InChI is InChI=1S/C17H19ClN2O3/c1-3-4-7-23-15-8-11-5-6-20-13(10-16(18)19-17(20)21)12(11)9-14(15)22-2/h8-10H,3-7H2,1-2H3. The molecule has 0 bridgehead atoms. The molecule has 0 aliphatic carbocycles. The second kappa shape index (κ2) is 6.62. The molecule has 0 fully saturated rings. The molecular weight excluding hydrogens is 316 g/mol. The van der Waals surface area contributed by atoms with Gasteiger partial charge in [0.2, 0.25) is 0 Å². The molecule has 0 spiro atoms. The molecule has 5 nitrogen and oxygen atoms in total. The molecule has 1 aromatic heterocycles. The van der Waals surface area contributed by atoms with Gasteiger partial charge in [0.15, 0.2) is 11.5 Å². The number of unbranched alkanes of at least 4 members (excludes halogenated alkanes) is 1. The highest BCUT2D eigenvalue weighted by Crippen LogP contribution is 2.38. The normalized spacial score (nSPS) is 12.5. The number of hydrogen-bond acceptors (Lipinski definition) is 4. The summed E-state index contributed by atoms with van der Waals surface area (Å²) in [6.07, 6.45) is 2.83. The number of ether oxygens (including phenoxy) is 2. The quantitative estimate of drug-likeness (QED) is 0.622. The topological polar surface area (TPSA) is 53.4 Å². The van der Waals surface area contributed by atoms with Crippen LogP contribution in [0.1, 0.15) is 25.3 Å². The number of aryl methyl sites for hydroxylation is 1. The van der Waals surface area contributed by atoms with E-state index in [1.807, 2.05) is 12.1 Å². The first-order valence-corrected chi connectivity index (χ1v) is 8.13. The number of fused-ring (bicyclic) bond motifs is 3. The zero-order valence-electron chi connectivity index (χ0n) is 13.3. The van der Waals surface area contributed by atoms with Gasteiger partial charge in [-0.25, -0.2) is 4.79 Å². The average Bonchev–Trinajstić information content (AvgIpc) is 2.54. The zero-order valence-corrected chi connectivity index (χ0v) is 14.0. The highest BCUT2D eigenvalue weighted by Gasteiger charge is 2.21. The predicted molar refractivity (Wildman–Crippen MR) is 89.6 cm³/mol. The summed E-state index contributed by atoms with van der Waals surface area (Å²) in [5.74, 6) is 1.41. The second-order valence-electron chi connectivity index (χ2n) is 5.51. The maximum absolute atomic E-state index is 12.0. The van der Waals surface area contributed by atoms with Crippen LogP contribution in [0.3, 0.4) is 0 Å². The van der Waals surface area contributed by atoms with Crippen LogP contribution in [0.5, 0.6) is 11.5 Å². The summed E-state index contributed by atoms with van der Waals surface area (Å²) < 4.78 is 12.9. The van der Waals surface area contributed by atoms with E-state index in [2.05, 4.69) is 11.9 Å². The van der Waals surface area contributed by atoms with Gasteiger partial charge in [0.1, 0.15) is 5.15 Å². The van der Waals surface area contributed by atoms with Crippen molar-refractivity contribution in [1.82, 2.24) is 9.55 Å². The molecule has 0 N–H and O–H groups in total. The molecule has 2 heterocycles. The second-order valence-corrected chi connectivity index (χ2v) is 5.90. The lowest BCUT2D eigenvalue weighted by molar-refractivity contribution is 0.288. The van der Waals surface area contributed by atoms with Crippen molar-refractivity contribution in [3.8, 4) is 22.8 Å². The van der Waals surface area contributed by atoms with E-state index in [-0.39, 0.29) is 10.8 Å². The summed E-state index contributed by atoms with van der Waals surface area (Å²) in [5, 5.41) is 0.205. The van der Waals surface area contributed by atoms with E-state index in [1.54, 1.807) is 17.7 Å². The first-order chi connectivity index (χ1) is 11.1. The Balaban J connectivity index is 2.07. The lowest BCUT2D eigenvalue weighted by Gasteiger charge is -2.23. The lowest BCUT2D eigenvalue weighted by atomic mass is 9.97. The van der Waals surface area contributed by atoms with Crippen molar-refractivity contribution in [2.24, 2.45) is 0 Å². The molecule has 0 radical (unpaired) electrons. The molecule has 122 valence electrons. The molecule has 0 atom stereocenters. The van der Waals surface area contributed by atoms with E-state index in [1.165, 1.54) is 0 Å². The molecule has 1 aliphatic rings. The Kier molecular flexibility index (Phi) is 4.57. The van der Waals surface area contributed by atoms with Gasteiger partial charge >= 0.3 is 5.69 Å².